The molecule has 5 heteroatoms. The van der Waals surface area contributed by atoms with Gasteiger partial charge in [-0.15, -0.1) is 0 Å². The number of carbonyl (C=O) groups excluding carboxylic acids is 1. The van der Waals surface area contributed by atoms with Crippen molar-refractivity contribution in [2.45, 2.75) is 44.6 Å². The highest BCUT2D eigenvalue weighted by molar-refractivity contribution is 5.88. The van der Waals surface area contributed by atoms with Gasteiger partial charge < -0.3 is 9.84 Å². The van der Waals surface area contributed by atoms with Crippen LogP contribution in [0.5, 0.6) is 0 Å². The molecular formula is C9H16N2O3. The zero-order valence-electron chi connectivity index (χ0n) is 8.43. The molecule has 2 aliphatic rings. The number of aliphatic hydroxyl groups excluding tert-OH is 1. The number of ether oxygens (including phenoxy) is 1. The van der Waals surface area contributed by atoms with Crippen molar-refractivity contribution in [3.05, 3.63) is 0 Å². The highest BCUT2D eigenvalue weighted by Crippen LogP contribution is 2.45. The van der Waals surface area contributed by atoms with Gasteiger partial charge in [0.15, 0.2) is 5.54 Å². The molecule has 0 aromatic carbocycles. The topological polar surface area (TPSA) is 75.8 Å². The van der Waals surface area contributed by atoms with E-state index in [1.54, 1.807) is 0 Å². The van der Waals surface area contributed by atoms with Gasteiger partial charge in [0.25, 0.3) is 0 Å². The van der Waals surface area contributed by atoms with E-state index in [9.17, 15) is 9.90 Å². The van der Waals surface area contributed by atoms with E-state index < -0.39 is 11.8 Å². The smallest absolute Gasteiger partial charge is 0.332 e. The summed E-state index contributed by atoms with van der Waals surface area (Å²) in [7, 11) is 0. The lowest BCUT2D eigenvalue weighted by Gasteiger charge is -2.46. The molecule has 0 amide bonds. The average molecular weight is 200 g/mol. The minimum absolute atomic E-state index is 0.225. The third kappa shape index (κ3) is 1.03. The van der Waals surface area contributed by atoms with E-state index in [4.69, 9.17) is 10.6 Å². The fourth-order valence-electron chi connectivity index (χ4n) is 2.43. The molecule has 3 N–H and O–H groups in total. The van der Waals surface area contributed by atoms with Crippen molar-refractivity contribution < 1.29 is 14.6 Å². The fraction of sp³-hybridized carbons (Fsp3) is 0.889. The summed E-state index contributed by atoms with van der Waals surface area (Å²) in [6.07, 6.45) is 0.0848. The van der Waals surface area contributed by atoms with Gasteiger partial charge in [-0.1, -0.05) is 13.8 Å². The van der Waals surface area contributed by atoms with Crippen LogP contribution in [-0.4, -0.2) is 34.0 Å². The van der Waals surface area contributed by atoms with Gasteiger partial charge in [0.1, 0.15) is 12.3 Å². The molecule has 14 heavy (non-hydrogen) atoms. The molecule has 3 atom stereocenters. The van der Waals surface area contributed by atoms with Gasteiger partial charge in [0, 0.05) is 6.42 Å². The molecule has 0 radical (unpaired) electrons. The highest BCUT2D eigenvalue weighted by atomic mass is 16.6. The Kier molecular flexibility index (Phi) is 2.06. The first-order valence-corrected chi connectivity index (χ1v) is 4.91. The number of hydrogen-bond acceptors (Lipinski definition) is 5. The molecule has 1 unspecified atom stereocenters. The molecule has 2 saturated heterocycles. The zero-order valence-corrected chi connectivity index (χ0v) is 8.43. The maximum atomic E-state index is 11.5. The lowest BCUT2D eigenvalue weighted by atomic mass is 9.81. The maximum Gasteiger partial charge on any atom is 0.332 e. The van der Waals surface area contributed by atoms with E-state index in [1.807, 2.05) is 13.8 Å². The fourth-order valence-corrected chi connectivity index (χ4v) is 2.43. The van der Waals surface area contributed by atoms with Crippen LogP contribution >= 0.6 is 0 Å². The molecule has 0 spiro atoms. The summed E-state index contributed by atoms with van der Waals surface area (Å²) in [4.78, 5) is 11.5. The second-order valence-electron chi connectivity index (χ2n) is 4.54. The quantitative estimate of drug-likeness (QED) is 0.468. The number of aliphatic hydroxyl groups is 1. The van der Waals surface area contributed by atoms with Crippen molar-refractivity contribution in [2.75, 3.05) is 0 Å². The van der Waals surface area contributed by atoms with Crippen LogP contribution in [0.3, 0.4) is 0 Å². The molecule has 0 aromatic heterocycles. The molecule has 2 rings (SSSR count). The summed E-state index contributed by atoms with van der Waals surface area (Å²) in [6, 6.07) is 0. The first-order valence-electron chi connectivity index (χ1n) is 4.91. The third-order valence-electron chi connectivity index (χ3n) is 3.06. The van der Waals surface area contributed by atoms with Gasteiger partial charge in [-0.2, -0.15) is 5.01 Å². The number of esters is 1. The summed E-state index contributed by atoms with van der Waals surface area (Å²) < 4.78 is 4.99. The van der Waals surface area contributed by atoms with Crippen molar-refractivity contribution >= 4 is 5.97 Å². The Balaban J connectivity index is 2.24. The van der Waals surface area contributed by atoms with E-state index in [0.717, 1.165) is 0 Å². The predicted molar refractivity (Wildman–Crippen MR) is 48.7 cm³/mol. The number of carbonyl (C=O) groups is 1. The summed E-state index contributed by atoms with van der Waals surface area (Å²) in [6.45, 7) is 4.05. The normalized spacial score (nSPS) is 42.2. The Morgan fingerprint density at radius 1 is 1.79 bits per heavy atom. The minimum Gasteiger partial charge on any atom is -0.458 e. The first-order chi connectivity index (χ1) is 6.48. The highest BCUT2D eigenvalue weighted by Gasteiger charge is 2.67. The molecule has 0 bridgehead atoms. The van der Waals surface area contributed by atoms with E-state index in [-0.39, 0.29) is 12.1 Å². The third-order valence-corrected chi connectivity index (χ3v) is 3.06. The minimum atomic E-state index is -0.759. The number of hydrogen-bond donors (Lipinski definition) is 2. The Hall–Kier alpha value is -0.650. The SMILES string of the molecule is CC(C)CC12C(=O)O[C@H]1C[C@@H](O)N2N. The van der Waals surface area contributed by atoms with Gasteiger partial charge in [0.2, 0.25) is 0 Å². The maximum absolute atomic E-state index is 11.5. The molecule has 0 saturated carbocycles. The number of hydrazine groups is 1. The van der Waals surface area contributed by atoms with Crippen LogP contribution in [0.4, 0.5) is 0 Å². The van der Waals surface area contributed by atoms with Gasteiger partial charge in [-0.3, -0.25) is 5.84 Å². The molecular weight excluding hydrogens is 184 g/mol. The van der Waals surface area contributed by atoms with Crippen molar-refractivity contribution in [3.63, 3.8) is 0 Å². The number of nitrogens with zero attached hydrogens (tertiary/aromatic N) is 1. The Morgan fingerprint density at radius 3 is 2.86 bits per heavy atom. The van der Waals surface area contributed by atoms with Crippen LogP contribution in [0.15, 0.2) is 0 Å². The van der Waals surface area contributed by atoms with Crippen LogP contribution in [0.2, 0.25) is 0 Å². The van der Waals surface area contributed by atoms with Crippen molar-refractivity contribution in [1.29, 1.82) is 0 Å². The first kappa shape index (κ1) is 9.89. The van der Waals surface area contributed by atoms with Crippen LogP contribution in [-0.2, 0) is 9.53 Å². The monoisotopic (exact) mass is 200 g/mol. The van der Waals surface area contributed by atoms with E-state index in [1.165, 1.54) is 5.01 Å². The van der Waals surface area contributed by atoms with Gasteiger partial charge in [0.05, 0.1) is 0 Å². The second-order valence-corrected chi connectivity index (χ2v) is 4.54. The average Bonchev–Trinajstić information content (AvgIpc) is 2.27. The van der Waals surface area contributed by atoms with Crippen molar-refractivity contribution in [2.24, 2.45) is 11.8 Å². The lowest BCUT2D eigenvalue weighted by molar-refractivity contribution is -0.205. The summed E-state index contributed by atoms with van der Waals surface area (Å²) in [5.74, 6) is 5.77. The summed E-state index contributed by atoms with van der Waals surface area (Å²) in [5.41, 5.74) is -0.756. The number of rotatable bonds is 2. The molecule has 0 aromatic rings. The largest absolute Gasteiger partial charge is 0.458 e. The zero-order chi connectivity index (χ0) is 10.5. The van der Waals surface area contributed by atoms with Gasteiger partial charge in [-0.25, -0.2) is 4.79 Å². The van der Waals surface area contributed by atoms with Crippen LogP contribution in [0.1, 0.15) is 26.7 Å². The van der Waals surface area contributed by atoms with Crippen molar-refractivity contribution in [1.82, 2.24) is 5.01 Å². The van der Waals surface area contributed by atoms with E-state index in [0.29, 0.717) is 18.8 Å². The number of fused-ring (bicyclic) bond motifs is 1. The van der Waals surface area contributed by atoms with Gasteiger partial charge >= 0.3 is 5.97 Å². The lowest BCUT2D eigenvalue weighted by Crippen LogP contribution is -2.69. The van der Waals surface area contributed by atoms with E-state index >= 15 is 0 Å². The Labute approximate surface area is 82.8 Å². The van der Waals surface area contributed by atoms with Crippen LogP contribution < -0.4 is 5.84 Å². The number of nitrogens with two attached hydrogens (primary N) is 1. The van der Waals surface area contributed by atoms with Gasteiger partial charge in [-0.05, 0) is 12.3 Å². The molecule has 2 heterocycles. The van der Waals surface area contributed by atoms with Crippen LogP contribution in [0.25, 0.3) is 0 Å². The molecule has 5 nitrogen and oxygen atoms in total. The molecule has 2 fully saturated rings. The Bertz CT molecular complexity index is 269. The summed E-state index contributed by atoms with van der Waals surface area (Å²) >= 11 is 0. The standard InChI is InChI=1S/C9H16N2O3/c1-5(2)4-9-6(14-8(9)13)3-7(12)11(9)10/h5-7,12H,3-4,10H2,1-2H3/t6-,7+,9?/m0/s1. The Morgan fingerprint density at radius 2 is 2.43 bits per heavy atom. The van der Waals surface area contributed by atoms with Crippen molar-refractivity contribution in [3.8, 4) is 0 Å². The molecule has 0 aliphatic carbocycles. The van der Waals surface area contributed by atoms with E-state index in [2.05, 4.69) is 0 Å². The molecule has 2 aliphatic heterocycles. The predicted octanol–water partition coefficient (Wildman–Crippen LogP) is -0.405. The second kappa shape index (κ2) is 2.92. The molecule has 80 valence electrons. The summed E-state index contributed by atoms with van der Waals surface area (Å²) in [5, 5.41) is 10.8. The van der Waals surface area contributed by atoms with Crippen LogP contribution in [0, 0.1) is 5.92 Å².